The Labute approximate surface area is 86.2 Å². The predicted octanol–water partition coefficient (Wildman–Crippen LogP) is 1.36. The molecule has 0 aliphatic rings. The molecule has 1 N–H and O–H groups in total. The molecule has 0 amide bonds. The molecule has 0 rings (SSSR count). The van der Waals surface area contributed by atoms with Crippen molar-refractivity contribution >= 4 is 5.97 Å². The monoisotopic (exact) mass is 206 g/mol. The highest BCUT2D eigenvalue weighted by atomic mass is 16.6. The van der Waals surface area contributed by atoms with Crippen molar-refractivity contribution < 1.29 is 19.4 Å². The van der Waals surface area contributed by atoms with Crippen molar-refractivity contribution in [2.75, 3.05) is 13.2 Å². The van der Waals surface area contributed by atoms with Gasteiger partial charge in [-0.3, -0.25) is 4.79 Å². The molecule has 1 atom stereocenters. The van der Waals surface area contributed by atoms with E-state index >= 15 is 0 Å². The summed E-state index contributed by atoms with van der Waals surface area (Å²) < 4.78 is 9.81. The number of hydrogen-bond acceptors (Lipinski definition) is 4. The molecule has 1 unspecified atom stereocenters. The summed E-state index contributed by atoms with van der Waals surface area (Å²) in [5.41, 5.74) is 0. The summed E-state index contributed by atoms with van der Waals surface area (Å²) in [6.07, 6.45) is -0.294. The normalized spacial score (nSPS) is 11.6. The van der Waals surface area contributed by atoms with E-state index in [0.29, 0.717) is 13.2 Å². The second kappa shape index (κ2) is 10.5. The topological polar surface area (TPSA) is 55.8 Å². The van der Waals surface area contributed by atoms with Gasteiger partial charge in [0, 0.05) is 19.6 Å². The van der Waals surface area contributed by atoms with Crippen LogP contribution in [0.15, 0.2) is 0 Å². The maximum atomic E-state index is 10.3. The zero-order valence-corrected chi connectivity index (χ0v) is 9.74. The molecular formula is C10H22O4. The molecule has 4 heteroatoms. The Morgan fingerprint density at radius 3 is 2.07 bits per heavy atom. The molecule has 0 radical (unpaired) electrons. The van der Waals surface area contributed by atoms with Crippen molar-refractivity contribution in [3.8, 4) is 0 Å². The Kier molecular flexibility index (Phi) is 11.9. The van der Waals surface area contributed by atoms with Crippen molar-refractivity contribution in [2.45, 2.75) is 46.8 Å². The third-order valence-electron chi connectivity index (χ3n) is 0.924. The predicted molar refractivity (Wildman–Crippen MR) is 55.1 cm³/mol. The van der Waals surface area contributed by atoms with Gasteiger partial charge in [-0.1, -0.05) is 0 Å². The third-order valence-corrected chi connectivity index (χ3v) is 0.924. The van der Waals surface area contributed by atoms with E-state index < -0.39 is 0 Å². The number of aliphatic hydroxyl groups excluding tert-OH is 1. The second-order valence-corrected chi connectivity index (χ2v) is 3.17. The number of esters is 1. The first-order chi connectivity index (χ1) is 6.40. The maximum absolute atomic E-state index is 10.3. The van der Waals surface area contributed by atoms with Crippen LogP contribution in [-0.2, 0) is 14.3 Å². The molecule has 0 saturated carbocycles. The van der Waals surface area contributed by atoms with Crippen LogP contribution < -0.4 is 0 Å². The van der Waals surface area contributed by atoms with Gasteiger partial charge in [-0.2, -0.15) is 0 Å². The van der Waals surface area contributed by atoms with Crippen molar-refractivity contribution in [2.24, 2.45) is 0 Å². The van der Waals surface area contributed by atoms with Gasteiger partial charge in [0.1, 0.15) is 6.10 Å². The van der Waals surface area contributed by atoms with Crippen LogP contribution in [0, 0.1) is 0 Å². The Morgan fingerprint density at radius 2 is 1.79 bits per heavy atom. The smallest absolute Gasteiger partial charge is 0.302 e. The molecule has 0 aromatic carbocycles. The fraction of sp³-hybridized carbons (Fsp3) is 0.900. The summed E-state index contributed by atoms with van der Waals surface area (Å²) in [5, 5.41) is 8.06. The van der Waals surface area contributed by atoms with Crippen LogP contribution in [0.3, 0.4) is 0 Å². The van der Waals surface area contributed by atoms with E-state index in [-0.39, 0.29) is 18.2 Å². The molecule has 0 aliphatic heterocycles. The van der Waals surface area contributed by atoms with Gasteiger partial charge in [-0.05, 0) is 27.7 Å². The minimum Gasteiger partial charge on any atom is -0.460 e. The lowest BCUT2D eigenvalue weighted by atomic mass is 10.4. The van der Waals surface area contributed by atoms with Crippen LogP contribution in [0.25, 0.3) is 0 Å². The number of aliphatic hydroxyl groups is 1. The van der Waals surface area contributed by atoms with Crippen molar-refractivity contribution in [3.05, 3.63) is 0 Å². The van der Waals surface area contributed by atoms with E-state index in [1.807, 2.05) is 6.92 Å². The standard InChI is InChI=1S/C7H14O3.C3H8O/c1-4-9-5-6(2)10-7(3)8;1-3(2)4/h6H,4-5H2,1-3H3;3-4H,1-2H3. The maximum Gasteiger partial charge on any atom is 0.302 e. The van der Waals surface area contributed by atoms with Crippen molar-refractivity contribution in [1.29, 1.82) is 0 Å². The molecule has 0 heterocycles. The molecule has 0 aromatic heterocycles. The molecule has 0 bridgehead atoms. The van der Waals surface area contributed by atoms with Gasteiger partial charge in [-0.15, -0.1) is 0 Å². The minimum absolute atomic E-state index is 0.127. The second-order valence-electron chi connectivity index (χ2n) is 3.17. The summed E-state index contributed by atoms with van der Waals surface area (Å²) in [7, 11) is 0. The van der Waals surface area contributed by atoms with E-state index in [1.54, 1.807) is 20.8 Å². The molecule has 14 heavy (non-hydrogen) atoms. The Bertz CT molecular complexity index is 131. The SMILES string of the molecule is CC(C)O.CCOCC(C)OC(C)=O. The molecule has 0 saturated heterocycles. The highest BCUT2D eigenvalue weighted by Crippen LogP contribution is 1.91. The third kappa shape index (κ3) is 22.5. The van der Waals surface area contributed by atoms with Crippen LogP contribution in [0.1, 0.15) is 34.6 Å². The highest BCUT2D eigenvalue weighted by molar-refractivity contribution is 5.66. The van der Waals surface area contributed by atoms with Gasteiger partial charge in [0.05, 0.1) is 6.61 Å². The summed E-state index contributed by atoms with van der Waals surface area (Å²) in [5.74, 6) is -0.257. The number of ether oxygens (including phenoxy) is 2. The van der Waals surface area contributed by atoms with Crippen LogP contribution in [0.5, 0.6) is 0 Å². The Hall–Kier alpha value is -0.610. The van der Waals surface area contributed by atoms with Crippen LogP contribution >= 0.6 is 0 Å². The van der Waals surface area contributed by atoms with Gasteiger partial charge < -0.3 is 14.6 Å². The quantitative estimate of drug-likeness (QED) is 0.706. The lowest BCUT2D eigenvalue weighted by Crippen LogP contribution is -2.18. The fourth-order valence-electron chi connectivity index (χ4n) is 0.601. The van der Waals surface area contributed by atoms with Crippen LogP contribution in [0.2, 0.25) is 0 Å². The molecular weight excluding hydrogens is 184 g/mol. The number of rotatable bonds is 4. The molecule has 4 nitrogen and oxygen atoms in total. The fourth-order valence-corrected chi connectivity index (χ4v) is 0.601. The van der Waals surface area contributed by atoms with E-state index in [0.717, 1.165) is 0 Å². The van der Waals surface area contributed by atoms with Gasteiger partial charge in [0.2, 0.25) is 0 Å². The number of carbonyl (C=O) groups excluding carboxylic acids is 1. The Morgan fingerprint density at radius 1 is 1.36 bits per heavy atom. The first kappa shape index (κ1) is 15.8. The lowest BCUT2D eigenvalue weighted by Gasteiger charge is -2.10. The van der Waals surface area contributed by atoms with Crippen LogP contribution in [-0.4, -0.2) is 36.5 Å². The summed E-state index contributed by atoms with van der Waals surface area (Å²) >= 11 is 0. The first-order valence-corrected chi connectivity index (χ1v) is 4.83. The summed E-state index contributed by atoms with van der Waals surface area (Å²) in [4.78, 5) is 10.3. The average molecular weight is 206 g/mol. The molecule has 0 aromatic rings. The van der Waals surface area contributed by atoms with Gasteiger partial charge in [-0.25, -0.2) is 0 Å². The van der Waals surface area contributed by atoms with Gasteiger partial charge in [0.15, 0.2) is 0 Å². The molecule has 0 aliphatic carbocycles. The van der Waals surface area contributed by atoms with E-state index in [9.17, 15) is 4.79 Å². The number of hydrogen-bond donors (Lipinski definition) is 1. The van der Waals surface area contributed by atoms with Gasteiger partial charge in [0.25, 0.3) is 0 Å². The van der Waals surface area contributed by atoms with E-state index in [2.05, 4.69) is 0 Å². The summed E-state index contributed by atoms with van der Waals surface area (Å²) in [6.45, 7) is 9.68. The van der Waals surface area contributed by atoms with E-state index in [4.69, 9.17) is 14.6 Å². The molecule has 0 spiro atoms. The van der Waals surface area contributed by atoms with Crippen molar-refractivity contribution in [3.63, 3.8) is 0 Å². The largest absolute Gasteiger partial charge is 0.460 e. The molecule has 0 fully saturated rings. The minimum atomic E-state index is -0.257. The Balaban J connectivity index is 0. The van der Waals surface area contributed by atoms with E-state index in [1.165, 1.54) is 6.92 Å². The lowest BCUT2D eigenvalue weighted by molar-refractivity contribution is -0.148. The van der Waals surface area contributed by atoms with Crippen molar-refractivity contribution in [1.82, 2.24) is 0 Å². The van der Waals surface area contributed by atoms with Crippen LogP contribution in [0.4, 0.5) is 0 Å². The zero-order valence-electron chi connectivity index (χ0n) is 9.74. The number of carbonyl (C=O) groups is 1. The summed E-state index contributed by atoms with van der Waals surface area (Å²) in [6, 6.07) is 0. The highest BCUT2D eigenvalue weighted by Gasteiger charge is 2.03. The molecule has 86 valence electrons. The van der Waals surface area contributed by atoms with Gasteiger partial charge >= 0.3 is 5.97 Å². The average Bonchev–Trinajstić information content (AvgIpc) is 1.98. The first-order valence-electron chi connectivity index (χ1n) is 4.83. The zero-order chi connectivity index (χ0) is 11.6.